The molecule has 0 amide bonds. The number of ether oxygens (including phenoxy) is 4. The third kappa shape index (κ3) is 5.55. The van der Waals surface area contributed by atoms with E-state index in [2.05, 4.69) is 21.2 Å². The Labute approximate surface area is 230 Å². The Balaban J connectivity index is 1.58. The number of carbonyl (C=O) groups excluding carboxylic acids is 1. The van der Waals surface area contributed by atoms with Gasteiger partial charge in [0, 0.05) is 42.0 Å². The van der Waals surface area contributed by atoms with Crippen molar-refractivity contribution in [3.8, 4) is 23.0 Å². The van der Waals surface area contributed by atoms with Crippen molar-refractivity contribution in [3.63, 3.8) is 0 Å². The first-order chi connectivity index (χ1) is 18.4. The van der Waals surface area contributed by atoms with Crippen LogP contribution < -0.4 is 24.3 Å². The van der Waals surface area contributed by atoms with Crippen LogP contribution >= 0.6 is 15.9 Å². The lowest BCUT2D eigenvalue weighted by Crippen LogP contribution is -1.98. The van der Waals surface area contributed by atoms with Crippen molar-refractivity contribution in [2.75, 3.05) is 33.8 Å². The second-order valence-corrected chi connectivity index (χ2v) is 9.24. The molecule has 0 aliphatic heterocycles. The molecule has 7 nitrogen and oxygen atoms in total. The highest BCUT2D eigenvalue weighted by Gasteiger charge is 2.14. The molecule has 0 bridgehead atoms. The first kappa shape index (κ1) is 26.9. The van der Waals surface area contributed by atoms with Crippen LogP contribution in [0, 0.1) is 0 Å². The minimum atomic E-state index is -0.0919. The van der Waals surface area contributed by atoms with Gasteiger partial charge in [0.2, 0.25) is 5.75 Å². The van der Waals surface area contributed by atoms with E-state index in [1.807, 2.05) is 78.5 Å². The normalized spacial score (nSPS) is 11.3. The van der Waals surface area contributed by atoms with E-state index in [1.165, 1.54) is 6.08 Å². The van der Waals surface area contributed by atoms with Crippen LogP contribution in [0.3, 0.4) is 0 Å². The number of anilines is 1. The Morgan fingerprint density at radius 1 is 0.868 bits per heavy atom. The zero-order chi connectivity index (χ0) is 27.2. The number of methoxy groups -OCH3 is 4. The largest absolute Gasteiger partial charge is 0.493 e. The summed E-state index contributed by atoms with van der Waals surface area (Å²) in [6, 6.07) is 15.5. The van der Waals surface area contributed by atoms with Gasteiger partial charge in [-0.1, -0.05) is 30.4 Å². The third-order valence-corrected chi connectivity index (χ3v) is 6.65. The molecule has 0 fully saturated rings. The highest BCUT2D eigenvalue weighted by Crippen LogP contribution is 2.39. The maximum atomic E-state index is 12.9. The molecular formula is C30H29BrN2O5. The average molecular weight is 577 g/mol. The fraction of sp³-hybridized carbons (Fsp3) is 0.167. The lowest BCUT2D eigenvalue weighted by Gasteiger charge is -2.13. The summed E-state index contributed by atoms with van der Waals surface area (Å²) in [5.74, 6) is 2.22. The molecular weight excluding hydrogens is 548 g/mol. The van der Waals surface area contributed by atoms with Crippen molar-refractivity contribution in [2.45, 2.75) is 0 Å². The summed E-state index contributed by atoms with van der Waals surface area (Å²) >= 11 is 3.59. The molecule has 1 heterocycles. The second-order valence-electron chi connectivity index (χ2n) is 8.39. The first-order valence-electron chi connectivity index (χ1n) is 11.8. The highest BCUT2D eigenvalue weighted by atomic mass is 79.9. The second kappa shape index (κ2) is 11.9. The molecule has 1 aromatic heterocycles. The monoisotopic (exact) mass is 576 g/mol. The number of carbonyl (C=O) groups is 1. The molecule has 8 heteroatoms. The van der Waals surface area contributed by atoms with Crippen LogP contribution in [0.4, 0.5) is 5.69 Å². The number of benzene rings is 3. The molecule has 1 N–H and O–H groups in total. The summed E-state index contributed by atoms with van der Waals surface area (Å²) in [6.07, 6.45) is 8.90. The van der Waals surface area contributed by atoms with Gasteiger partial charge in [-0.25, -0.2) is 0 Å². The summed E-state index contributed by atoms with van der Waals surface area (Å²) in [5, 5.41) is 4.12. The van der Waals surface area contributed by atoms with Crippen molar-refractivity contribution in [3.05, 3.63) is 88.2 Å². The molecule has 196 valence electrons. The van der Waals surface area contributed by atoms with Crippen LogP contribution in [-0.4, -0.2) is 38.8 Å². The minimum Gasteiger partial charge on any atom is -0.493 e. The predicted octanol–water partition coefficient (Wildman–Crippen LogP) is 6.95. The zero-order valence-corrected chi connectivity index (χ0v) is 23.5. The van der Waals surface area contributed by atoms with E-state index >= 15 is 0 Å². The van der Waals surface area contributed by atoms with Gasteiger partial charge in [-0.2, -0.15) is 0 Å². The number of aromatic nitrogens is 1. The smallest absolute Gasteiger partial charge is 0.203 e. The number of allylic oxidation sites excluding steroid dienone is 1. The standard InChI is InChI=1S/C30H29BrN2O5/c1-33-18-22(21-8-6-7-9-25(21)33)26(34)12-13-32-24-15-19(14-23(31)29(24)37-4)10-11-20-16-27(35-2)30(38-5)28(17-20)36-3/h6-18,32H,1-5H3/b11-10-,13-12-. The van der Waals surface area contributed by atoms with Crippen LogP contribution in [0.2, 0.25) is 0 Å². The molecule has 0 aliphatic rings. The molecule has 0 saturated carbocycles. The lowest BCUT2D eigenvalue weighted by atomic mass is 10.1. The molecule has 0 spiro atoms. The molecule has 0 aliphatic carbocycles. The van der Waals surface area contributed by atoms with E-state index in [0.29, 0.717) is 34.2 Å². The van der Waals surface area contributed by atoms with E-state index in [1.54, 1.807) is 34.6 Å². The van der Waals surface area contributed by atoms with Crippen molar-refractivity contribution in [2.24, 2.45) is 7.05 Å². The van der Waals surface area contributed by atoms with Gasteiger partial charge < -0.3 is 28.8 Å². The van der Waals surface area contributed by atoms with Crippen LogP contribution in [0.5, 0.6) is 23.0 Å². The quantitative estimate of drug-likeness (QED) is 0.125. The summed E-state index contributed by atoms with van der Waals surface area (Å²) in [4.78, 5) is 12.9. The van der Waals surface area contributed by atoms with Gasteiger partial charge in [0.05, 0.1) is 38.6 Å². The van der Waals surface area contributed by atoms with E-state index < -0.39 is 0 Å². The number of ketones is 1. The Morgan fingerprint density at radius 2 is 1.50 bits per heavy atom. The number of halogens is 1. The Morgan fingerprint density at radius 3 is 2.13 bits per heavy atom. The number of hydrogen-bond acceptors (Lipinski definition) is 6. The number of para-hydroxylation sites is 1. The van der Waals surface area contributed by atoms with E-state index in [9.17, 15) is 4.79 Å². The zero-order valence-electron chi connectivity index (χ0n) is 21.9. The topological polar surface area (TPSA) is 71.0 Å². The number of aryl methyl sites for hydroxylation is 1. The Kier molecular flexibility index (Phi) is 8.43. The Bertz CT molecular complexity index is 1510. The predicted molar refractivity (Wildman–Crippen MR) is 156 cm³/mol. The number of fused-ring (bicyclic) bond motifs is 1. The SMILES string of the molecule is COc1cc(/C=C\c2cc(Br)c(OC)c(N/C=C\C(=O)c3cn(C)c4ccccc34)c2)cc(OC)c1OC. The molecule has 38 heavy (non-hydrogen) atoms. The van der Waals surface area contributed by atoms with Crippen molar-refractivity contribution in [1.82, 2.24) is 4.57 Å². The molecule has 0 atom stereocenters. The lowest BCUT2D eigenvalue weighted by molar-refractivity contribution is 0.104. The van der Waals surface area contributed by atoms with Gasteiger partial charge >= 0.3 is 0 Å². The van der Waals surface area contributed by atoms with Gasteiger partial charge in [-0.3, -0.25) is 4.79 Å². The fourth-order valence-electron chi connectivity index (χ4n) is 4.25. The maximum Gasteiger partial charge on any atom is 0.203 e. The van der Waals surface area contributed by atoms with Crippen LogP contribution in [-0.2, 0) is 7.05 Å². The summed E-state index contributed by atoms with van der Waals surface area (Å²) in [7, 11) is 8.27. The average Bonchev–Trinajstić information content (AvgIpc) is 3.27. The van der Waals surface area contributed by atoms with Crippen LogP contribution in [0.25, 0.3) is 23.1 Å². The molecule has 0 saturated heterocycles. The van der Waals surface area contributed by atoms with Crippen molar-refractivity contribution < 1.29 is 23.7 Å². The van der Waals surface area contributed by atoms with Gasteiger partial charge in [-0.05, 0) is 57.4 Å². The van der Waals surface area contributed by atoms with Crippen LogP contribution in [0.1, 0.15) is 21.5 Å². The van der Waals surface area contributed by atoms with E-state index in [0.717, 1.165) is 26.5 Å². The van der Waals surface area contributed by atoms with Crippen molar-refractivity contribution in [1.29, 1.82) is 0 Å². The fourth-order valence-corrected chi connectivity index (χ4v) is 4.89. The van der Waals surface area contributed by atoms with Gasteiger partial charge in [0.25, 0.3) is 0 Å². The number of nitrogens with zero attached hydrogens (tertiary/aromatic N) is 1. The number of rotatable bonds is 10. The number of hydrogen-bond donors (Lipinski definition) is 1. The third-order valence-electron chi connectivity index (χ3n) is 6.06. The molecule has 3 aromatic carbocycles. The first-order valence-corrected chi connectivity index (χ1v) is 12.6. The maximum absolute atomic E-state index is 12.9. The molecule has 0 unspecified atom stereocenters. The molecule has 4 rings (SSSR count). The van der Waals surface area contributed by atoms with E-state index in [4.69, 9.17) is 18.9 Å². The van der Waals surface area contributed by atoms with Crippen molar-refractivity contribution >= 4 is 50.5 Å². The molecule has 0 radical (unpaired) electrons. The highest BCUT2D eigenvalue weighted by molar-refractivity contribution is 9.10. The summed E-state index contributed by atoms with van der Waals surface area (Å²) in [5.41, 5.74) is 4.14. The van der Waals surface area contributed by atoms with E-state index in [-0.39, 0.29) is 5.78 Å². The Hall–Kier alpha value is -4.17. The van der Waals surface area contributed by atoms with Gasteiger partial charge in [-0.15, -0.1) is 0 Å². The van der Waals surface area contributed by atoms with Gasteiger partial charge in [0.1, 0.15) is 0 Å². The summed E-state index contributed by atoms with van der Waals surface area (Å²) in [6.45, 7) is 0. The summed E-state index contributed by atoms with van der Waals surface area (Å²) < 4.78 is 24.6. The minimum absolute atomic E-state index is 0.0919. The molecule has 4 aromatic rings. The van der Waals surface area contributed by atoms with Gasteiger partial charge in [0.15, 0.2) is 23.0 Å². The number of nitrogens with one attached hydrogen (secondary N) is 1. The van der Waals surface area contributed by atoms with Crippen LogP contribution in [0.15, 0.2) is 71.5 Å².